The highest BCUT2D eigenvalue weighted by Gasteiger charge is 2.22. The fraction of sp³-hybridized carbons (Fsp3) is 0.619. The van der Waals surface area contributed by atoms with Crippen LogP contribution in [0.15, 0.2) is 29.3 Å². The lowest BCUT2D eigenvalue weighted by molar-refractivity contribution is -0.134. The van der Waals surface area contributed by atoms with E-state index in [1.807, 2.05) is 29.2 Å². The molecule has 1 atom stereocenters. The zero-order valence-corrected chi connectivity index (χ0v) is 17.4. The second kappa shape index (κ2) is 12.2. The molecule has 1 aromatic carbocycles. The number of nitrogens with zero attached hydrogens (tertiary/aromatic N) is 2. The minimum atomic E-state index is 0.210. The Morgan fingerprint density at radius 3 is 2.93 bits per heavy atom. The predicted molar refractivity (Wildman–Crippen MR) is 113 cm³/mol. The number of hydrogen-bond acceptors (Lipinski definition) is 4. The smallest absolute Gasteiger partial charge is 0.224 e. The van der Waals surface area contributed by atoms with Crippen LogP contribution in [0.25, 0.3) is 0 Å². The lowest BCUT2D eigenvalue weighted by atomic mass is 10.0. The zero-order chi connectivity index (χ0) is 20.2. The zero-order valence-electron chi connectivity index (χ0n) is 17.4. The molecule has 28 heavy (non-hydrogen) atoms. The Kier molecular flexibility index (Phi) is 9.62. The van der Waals surface area contributed by atoms with Crippen molar-refractivity contribution in [3.8, 4) is 5.75 Å². The molecular weight excluding hydrogens is 356 g/mol. The highest BCUT2D eigenvalue weighted by molar-refractivity contribution is 5.94. The van der Waals surface area contributed by atoms with Gasteiger partial charge in [0, 0.05) is 64.5 Å². The van der Waals surface area contributed by atoms with Crippen LogP contribution >= 0.6 is 0 Å². The monoisotopic (exact) mass is 390 g/mol. The fourth-order valence-corrected chi connectivity index (χ4v) is 3.27. The summed E-state index contributed by atoms with van der Waals surface area (Å²) in [5.41, 5.74) is 0.883. The number of rotatable bonds is 9. The number of carbonyl (C=O) groups is 1. The Labute approximate surface area is 168 Å². The van der Waals surface area contributed by atoms with Crippen LogP contribution in [0, 0.1) is 0 Å². The predicted octanol–water partition coefficient (Wildman–Crippen LogP) is 2.88. The maximum atomic E-state index is 12.4. The van der Waals surface area contributed by atoms with Gasteiger partial charge in [-0.2, -0.15) is 0 Å². The van der Waals surface area contributed by atoms with Gasteiger partial charge in [0.15, 0.2) is 5.96 Å². The molecule has 7 nitrogen and oxygen atoms in total. The largest absolute Gasteiger partial charge is 0.493 e. The van der Waals surface area contributed by atoms with Crippen molar-refractivity contribution in [2.24, 2.45) is 4.99 Å². The molecule has 1 aromatic rings. The summed E-state index contributed by atoms with van der Waals surface area (Å²) in [5, 5.41) is 6.46. The molecule has 1 amide bonds. The molecular formula is C21H34N4O3. The molecule has 0 spiro atoms. The molecule has 1 saturated heterocycles. The number of anilines is 1. The maximum absolute atomic E-state index is 12.4. The van der Waals surface area contributed by atoms with Crippen molar-refractivity contribution in [3.05, 3.63) is 24.3 Å². The lowest BCUT2D eigenvalue weighted by Crippen LogP contribution is -2.43. The number of nitrogens with one attached hydrogen (secondary N) is 2. The van der Waals surface area contributed by atoms with Gasteiger partial charge in [0.2, 0.25) is 5.91 Å². The summed E-state index contributed by atoms with van der Waals surface area (Å²) in [4.78, 5) is 18.7. The van der Waals surface area contributed by atoms with Gasteiger partial charge >= 0.3 is 0 Å². The summed E-state index contributed by atoms with van der Waals surface area (Å²) >= 11 is 0. The van der Waals surface area contributed by atoms with Crippen LogP contribution < -0.4 is 15.4 Å². The van der Waals surface area contributed by atoms with E-state index in [1.54, 1.807) is 14.2 Å². The Balaban J connectivity index is 1.77. The lowest BCUT2D eigenvalue weighted by Gasteiger charge is -2.33. The number of guanidine groups is 1. The SMILES string of the molecule is CN=C(NCCC(=O)N1CCCCC1C)Nc1cccc(OCCCOC)c1. The number of piperidine rings is 1. The quantitative estimate of drug-likeness (QED) is 0.385. The van der Waals surface area contributed by atoms with E-state index in [1.165, 1.54) is 6.42 Å². The van der Waals surface area contributed by atoms with Crippen molar-refractivity contribution in [1.29, 1.82) is 0 Å². The van der Waals surface area contributed by atoms with Crippen LogP contribution in [0.4, 0.5) is 5.69 Å². The number of likely N-dealkylation sites (tertiary alicyclic amines) is 1. The highest BCUT2D eigenvalue weighted by Crippen LogP contribution is 2.18. The van der Waals surface area contributed by atoms with Crippen molar-refractivity contribution in [1.82, 2.24) is 10.2 Å². The number of ether oxygens (including phenoxy) is 2. The van der Waals surface area contributed by atoms with E-state index >= 15 is 0 Å². The molecule has 2 N–H and O–H groups in total. The van der Waals surface area contributed by atoms with Crippen molar-refractivity contribution in [2.75, 3.05) is 45.8 Å². The molecule has 0 bridgehead atoms. The van der Waals surface area contributed by atoms with E-state index in [2.05, 4.69) is 22.5 Å². The van der Waals surface area contributed by atoms with Gasteiger partial charge in [-0.3, -0.25) is 9.79 Å². The molecule has 0 aromatic heterocycles. The Morgan fingerprint density at radius 2 is 2.18 bits per heavy atom. The van der Waals surface area contributed by atoms with Gasteiger partial charge in [0.05, 0.1) is 6.61 Å². The van der Waals surface area contributed by atoms with Gasteiger partial charge in [0.1, 0.15) is 5.75 Å². The number of carbonyl (C=O) groups excluding carboxylic acids is 1. The number of amides is 1. The summed E-state index contributed by atoms with van der Waals surface area (Å²) < 4.78 is 10.7. The minimum absolute atomic E-state index is 0.210. The van der Waals surface area contributed by atoms with E-state index in [0.29, 0.717) is 38.2 Å². The summed E-state index contributed by atoms with van der Waals surface area (Å²) in [6, 6.07) is 8.09. The average molecular weight is 391 g/mol. The number of methoxy groups -OCH3 is 1. The third-order valence-corrected chi connectivity index (χ3v) is 4.84. The van der Waals surface area contributed by atoms with Crippen molar-refractivity contribution in [3.63, 3.8) is 0 Å². The van der Waals surface area contributed by atoms with E-state index in [-0.39, 0.29) is 5.91 Å². The van der Waals surface area contributed by atoms with Gasteiger partial charge in [-0.25, -0.2) is 0 Å². The summed E-state index contributed by atoms with van der Waals surface area (Å²) in [5.74, 6) is 1.64. The third-order valence-electron chi connectivity index (χ3n) is 4.84. The number of benzene rings is 1. The Morgan fingerprint density at radius 1 is 1.32 bits per heavy atom. The Bertz CT molecular complexity index is 636. The van der Waals surface area contributed by atoms with Gasteiger partial charge < -0.3 is 25.0 Å². The molecule has 1 aliphatic heterocycles. The topological polar surface area (TPSA) is 75.2 Å². The van der Waals surface area contributed by atoms with E-state index < -0.39 is 0 Å². The molecule has 2 rings (SSSR count). The first-order valence-electron chi connectivity index (χ1n) is 10.1. The normalized spacial score (nSPS) is 17.3. The van der Waals surface area contributed by atoms with Crippen LogP contribution in [0.3, 0.4) is 0 Å². The summed E-state index contributed by atoms with van der Waals surface area (Å²) in [6.45, 7) is 4.86. The molecule has 7 heteroatoms. The van der Waals surface area contributed by atoms with Gasteiger partial charge in [0.25, 0.3) is 0 Å². The highest BCUT2D eigenvalue weighted by atomic mass is 16.5. The van der Waals surface area contributed by atoms with Gasteiger partial charge in [-0.1, -0.05) is 6.07 Å². The van der Waals surface area contributed by atoms with Crippen LogP contribution in [-0.4, -0.2) is 63.3 Å². The van der Waals surface area contributed by atoms with Crippen molar-refractivity contribution in [2.45, 2.75) is 45.1 Å². The Hall–Kier alpha value is -2.28. The number of hydrogen-bond donors (Lipinski definition) is 2. The first-order valence-corrected chi connectivity index (χ1v) is 10.1. The molecule has 1 fully saturated rings. The summed E-state index contributed by atoms with van der Waals surface area (Å²) in [7, 11) is 3.40. The van der Waals surface area contributed by atoms with E-state index in [0.717, 1.165) is 37.2 Å². The van der Waals surface area contributed by atoms with Crippen LogP contribution in [0.1, 0.15) is 39.0 Å². The van der Waals surface area contributed by atoms with Gasteiger partial charge in [-0.15, -0.1) is 0 Å². The average Bonchev–Trinajstić information content (AvgIpc) is 2.71. The fourth-order valence-electron chi connectivity index (χ4n) is 3.27. The number of aliphatic imine (C=N–C) groups is 1. The molecule has 0 radical (unpaired) electrons. The molecule has 1 aliphatic rings. The van der Waals surface area contributed by atoms with Crippen molar-refractivity contribution < 1.29 is 14.3 Å². The molecule has 0 saturated carbocycles. The maximum Gasteiger partial charge on any atom is 0.224 e. The second-order valence-corrected chi connectivity index (χ2v) is 7.03. The first-order chi connectivity index (χ1) is 13.6. The van der Waals surface area contributed by atoms with Crippen molar-refractivity contribution >= 4 is 17.6 Å². The van der Waals surface area contributed by atoms with Crippen LogP contribution in [0.5, 0.6) is 5.75 Å². The molecule has 1 heterocycles. The molecule has 156 valence electrons. The first kappa shape index (κ1) is 22.0. The van der Waals surface area contributed by atoms with Crippen LogP contribution in [0.2, 0.25) is 0 Å². The minimum Gasteiger partial charge on any atom is -0.493 e. The molecule has 0 aliphatic carbocycles. The van der Waals surface area contributed by atoms with E-state index in [4.69, 9.17) is 9.47 Å². The second-order valence-electron chi connectivity index (χ2n) is 7.03. The van der Waals surface area contributed by atoms with Gasteiger partial charge in [-0.05, 0) is 38.3 Å². The van der Waals surface area contributed by atoms with E-state index in [9.17, 15) is 4.79 Å². The molecule has 1 unspecified atom stereocenters. The third kappa shape index (κ3) is 7.38. The standard InChI is InChI=1S/C21H34N4O3/c1-17-8-4-5-13-25(17)20(26)11-12-23-21(22-2)24-18-9-6-10-19(16-18)28-15-7-14-27-3/h6,9-10,16-17H,4-5,7-8,11-15H2,1-3H3,(H2,22,23,24). The van der Waals surface area contributed by atoms with Crippen LogP contribution in [-0.2, 0) is 9.53 Å². The summed E-state index contributed by atoms with van der Waals surface area (Å²) in [6.07, 6.45) is 4.74.